The Kier molecular flexibility index (Phi) is 4.61. The molecule has 1 atom stereocenters. The van der Waals surface area contributed by atoms with Crippen LogP contribution in [0, 0.1) is 0 Å². The summed E-state index contributed by atoms with van der Waals surface area (Å²) in [6.45, 7) is 2.21. The molecule has 3 rings (SSSR count). The number of nitrogens with one attached hydrogen (secondary N) is 1. The van der Waals surface area contributed by atoms with Crippen molar-refractivity contribution >= 4 is 22.6 Å². The molecule has 0 saturated carbocycles. The Hall–Kier alpha value is -1.74. The normalized spacial score (nSPS) is 17.6. The molecule has 21 heavy (non-hydrogen) atoms. The van der Waals surface area contributed by atoms with Gasteiger partial charge in [-0.25, -0.2) is 0 Å². The molecular formula is C18H20N2S. The zero-order chi connectivity index (χ0) is 14.5. The van der Waals surface area contributed by atoms with E-state index in [2.05, 4.69) is 60.8 Å². The molecule has 1 N–H and O–H groups in total. The molecule has 1 heterocycles. The maximum Gasteiger partial charge on any atom is 0.161 e. The first-order chi connectivity index (χ1) is 10.3. The molecule has 0 amide bonds. The standard InChI is InChI=1S/C18H20N2S/c1-2-6-14-9-11-16(12-10-14)19-18-20-17(13-21-18)15-7-4-3-5-8-15/h3-5,7-12,17H,2,6,13H2,1H3,(H,19,20). The lowest BCUT2D eigenvalue weighted by Gasteiger charge is -2.06. The van der Waals surface area contributed by atoms with E-state index in [4.69, 9.17) is 4.99 Å². The third kappa shape index (κ3) is 3.67. The van der Waals surface area contributed by atoms with Crippen LogP contribution >= 0.6 is 11.8 Å². The van der Waals surface area contributed by atoms with E-state index in [-0.39, 0.29) is 6.04 Å². The monoisotopic (exact) mass is 296 g/mol. The summed E-state index contributed by atoms with van der Waals surface area (Å²) < 4.78 is 0. The van der Waals surface area contributed by atoms with Gasteiger partial charge in [0.15, 0.2) is 5.17 Å². The summed E-state index contributed by atoms with van der Waals surface area (Å²) in [7, 11) is 0. The SMILES string of the molecule is CCCc1ccc(NC2=NC(c3ccccc3)CS2)cc1. The van der Waals surface area contributed by atoms with Crippen LogP contribution in [0.15, 0.2) is 59.6 Å². The summed E-state index contributed by atoms with van der Waals surface area (Å²) in [4.78, 5) is 4.78. The van der Waals surface area contributed by atoms with Crippen LogP contribution in [0.5, 0.6) is 0 Å². The van der Waals surface area contributed by atoms with Gasteiger partial charge in [-0.3, -0.25) is 4.99 Å². The second-order valence-electron chi connectivity index (χ2n) is 5.24. The van der Waals surface area contributed by atoms with Gasteiger partial charge in [-0.05, 0) is 29.7 Å². The average molecular weight is 296 g/mol. The number of thioether (sulfide) groups is 1. The highest BCUT2D eigenvalue weighted by Crippen LogP contribution is 2.30. The first kappa shape index (κ1) is 14.2. The maximum atomic E-state index is 4.78. The van der Waals surface area contributed by atoms with Gasteiger partial charge in [0.1, 0.15) is 0 Å². The Bertz CT molecular complexity index is 605. The molecule has 108 valence electrons. The third-order valence-corrected chi connectivity index (χ3v) is 4.54. The first-order valence-corrected chi connectivity index (χ1v) is 8.45. The molecule has 3 heteroatoms. The third-order valence-electron chi connectivity index (χ3n) is 3.58. The second kappa shape index (κ2) is 6.81. The van der Waals surface area contributed by atoms with Crippen molar-refractivity contribution in [2.75, 3.05) is 11.1 Å². The quantitative estimate of drug-likeness (QED) is 0.868. The Morgan fingerprint density at radius 2 is 1.86 bits per heavy atom. The number of anilines is 1. The van der Waals surface area contributed by atoms with Crippen molar-refractivity contribution in [3.8, 4) is 0 Å². The molecule has 1 aliphatic rings. The molecular weight excluding hydrogens is 276 g/mol. The first-order valence-electron chi connectivity index (χ1n) is 7.46. The van der Waals surface area contributed by atoms with Crippen LogP contribution in [0.1, 0.15) is 30.5 Å². The van der Waals surface area contributed by atoms with E-state index in [9.17, 15) is 0 Å². The van der Waals surface area contributed by atoms with Crippen LogP contribution in [-0.2, 0) is 6.42 Å². The van der Waals surface area contributed by atoms with Crippen molar-refractivity contribution in [1.29, 1.82) is 0 Å². The van der Waals surface area contributed by atoms with Gasteiger partial charge in [-0.1, -0.05) is 67.6 Å². The molecule has 0 fully saturated rings. The van der Waals surface area contributed by atoms with Gasteiger partial charge in [-0.2, -0.15) is 0 Å². The zero-order valence-electron chi connectivity index (χ0n) is 12.3. The highest BCUT2D eigenvalue weighted by atomic mass is 32.2. The fourth-order valence-electron chi connectivity index (χ4n) is 2.46. The lowest BCUT2D eigenvalue weighted by Crippen LogP contribution is -2.04. The van der Waals surface area contributed by atoms with Gasteiger partial charge >= 0.3 is 0 Å². The van der Waals surface area contributed by atoms with Crippen LogP contribution in [0.4, 0.5) is 5.69 Å². The topological polar surface area (TPSA) is 24.4 Å². The number of nitrogens with zero attached hydrogens (tertiary/aromatic N) is 1. The van der Waals surface area contributed by atoms with Crippen molar-refractivity contribution in [1.82, 2.24) is 0 Å². The highest BCUT2D eigenvalue weighted by Gasteiger charge is 2.19. The molecule has 0 spiro atoms. The molecule has 0 radical (unpaired) electrons. The molecule has 2 aromatic rings. The van der Waals surface area contributed by atoms with E-state index in [1.54, 1.807) is 11.8 Å². The number of aryl methyl sites for hydroxylation is 1. The van der Waals surface area contributed by atoms with Gasteiger partial charge in [0, 0.05) is 11.4 Å². The maximum absolute atomic E-state index is 4.78. The Morgan fingerprint density at radius 3 is 2.57 bits per heavy atom. The Morgan fingerprint density at radius 1 is 1.10 bits per heavy atom. The van der Waals surface area contributed by atoms with Crippen molar-refractivity contribution in [2.45, 2.75) is 25.8 Å². The van der Waals surface area contributed by atoms with Gasteiger partial charge in [0.2, 0.25) is 0 Å². The Labute approximate surface area is 130 Å². The van der Waals surface area contributed by atoms with E-state index < -0.39 is 0 Å². The molecule has 2 aromatic carbocycles. The summed E-state index contributed by atoms with van der Waals surface area (Å²) in [6, 6.07) is 19.5. The molecule has 0 saturated heterocycles. The van der Waals surface area contributed by atoms with Crippen LogP contribution in [0.3, 0.4) is 0 Å². The van der Waals surface area contributed by atoms with Gasteiger partial charge in [-0.15, -0.1) is 0 Å². The van der Waals surface area contributed by atoms with Crippen LogP contribution < -0.4 is 5.32 Å². The van der Waals surface area contributed by atoms with E-state index in [0.29, 0.717) is 0 Å². The number of benzene rings is 2. The predicted octanol–water partition coefficient (Wildman–Crippen LogP) is 4.90. The summed E-state index contributed by atoms with van der Waals surface area (Å²) in [6.07, 6.45) is 2.33. The van der Waals surface area contributed by atoms with E-state index in [1.807, 2.05) is 6.07 Å². The molecule has 0 bridgehead atoms. The fraction of sp³-hybridized carbons (Fsp3) is 0.278. The van der Waals surface area contributed by atoms with Gasteiger partial charge < -0.3 is 5.32 Å². The summed E-state index contributed by atoms with van der Waals surface area (Å²) in [5, 5.41) is 4.44. The molecule has 0 aliphatic carbocycles. The average Bonchev–Trinajstić information content (AvgIpc) is 2.99. The van der Waals surface area contributed by atoms with E-state index >= 15 is 0 Å². The van der Waals surface area contributed by atoms with Crippen molar-refractivity contribution < 1.29 is 0 Å². The minimum atomic E-state index is 0.276. The summed E-state index contributed by atoms with van der Waals surface area (Å²) >= 11 is 1.79. The van der Waals surface area contributed by atoms with Crippen molar-refractivity contribution in [3.05, 3.63) is 65.7 Å². The number of amidine groups is 1. The number of rotatable bonds is 4. The number of hydrogen-bond donors (Lipinski definition) is 1. The lowest BCUT2D eigenvalue weighted by molar-refractivity contribution is 0.849. The minimum absolute atomic E-state index is 0.276. The Balaban J connectivity index is 1.65. The molecule has 0 aromatic heterocycles. The van der Waals surface area contributed by atoms with Crippen molar-refractivity contribution in [3.63, 3.8) is 0 Å². The van der Waals surface area contributed by atoms with Crippen molar-refractivity contribution in [2.24, 2.45) is 4.99 Å². The smallest absolute Gasteiger partial charge is 0.161 e. The fourth-order valence-corrected chi connectivity index (χ4v) is 3.43. The van der Waals surface area contributed by atoms with Crippen LogP contribution in [0.2, 0.25) is 0 Å². The lowest BCUT2D eigenvalue weighted by atomic mass is 10.1. The van der Waals surface area contributed by atoms with E-state index in [1.165, 1.54) is 17.5 Å². The highest BCUT2D eigenvalue weighted by molar-refractivity contribution is 8.14. The number of aliphatic imine (C=N–C) groups is 1. The second-order valence-corrected chi connectivity index (χ2v) is 6.25. The molecule has 2 nitrogen and oxygen atoms in total. The van der Waals surface area contributed by atoms with Crippen LogP contribution in [-0.4, -0.2) is 10.9 Å². The number of hydrogen-bond acceptors (Lipinski definition) is 3. The summed E-state index contributed by atoms with van der Waals surface area (Å²) in [5.74, 6) is 1.01. The minimum Gasteiger partial charge on any atom is -0.335 e. The molecule has 1 unspecified atom stereocenters. The van der Waals surface area contributed by atoms with E-state index in [0.717, 1.165) is 23.0 Å². The predicted molar refractivity (Wildman–Crippen MR) is 93.1 cm³/mol. The van der Waals surface area contributed by atoms with Gasteiger partial charge in [0.25, 0.3) is 0 Å². The molecule has 1 aliphatic heterocycles. The summed E-state index contributed by atoms with van der Waals surface area (Å²) in [5.41, 5.74) is 3.81. The van der Waals surface area contributed by atoms with Gasteiger partial charge in [0.05, 0.1) is 6.04 Å². The zero-order valence-corrected chi connectivity index (χ0v) is 13.1. The largest absolute Gasteiger partial charge is 0.335 e. The van der Waals surface area contributed by atoms with Crippen LogP contribution in [0.25, 0.3) is 0 Å².